The van der Waals surface area contributed by atoms with Crippen LogP contribution in [0.4, 0.5) is 5.69 Å². The number of aryl methyl sites for hydroxylation is 2. The molecule has 7 heteroatoms. The van der Waals surface area contributed by atoms with E-state index in [1.807, 2.05) is 0 Å². The Morgan fingerprint density at radius 3 is 2.77 bits per heavy atom. The van der Waals surface area contributed by atoms with Crippen LogP contribution in [0, 0.1) is 0 Å². The summed E-state index contributed by atoms with van der Waals surface area (Å²) in [4.78, 5) is 20.4. The van der Waals surface area contributed by atoms with Crippen LogP contribution in [0.3, 0.4) is 0 Å². The number of carbonyl (C=O) groups is 1. The first-order valence-electron chi connectivity index (χ1n) is 6.96. The number of benzene rings is 1. The number of nitrogens with one attached hydrogen (secondary N) is 1. The van der Waals surface area contributed by atoms with Crippen LogP contribution in [0.5, 0.6) is 0 Å². The highest BCUT2D eigenvalue weighted by Gasteiger charge is 2.26. The summed E-state index contributed by atoms with van der Waals surface area (Å²) >= 11 is 0. The molecule has 0 unspecified atom stereocenters. The van der Waals surface area contributed by atoms with E-state index in [-0.39, 0.29) is 18.1 Å². The van der Waals surface area contributed by atoms with Crippen molar-refractivity contribution in [3.63, 3.8) is 0 Å². The second-order valence-electron chi connectivity index (χ2n) is 5.10. The van der Waals surface area contributed by atoms with E-state index in [9.17, 15) is 13.2 Å². The van der Waals surface area contributed by atoms with Gasteiger partial charge in [-0.05, 0) is 30.2 Å². The summed E-state index contributed by atoms with van der Waals surface area (Å²) in [7, 11) is -3.19. The Labute approximate surface area is 128 Å². The van der Waals surface area contributed by atoms with E-state index in [1.165, 1.54) is 6.07 Å². The fourth-order valence-electron chi connectivity index (χ4n) is 2.39. The molecule has 0 atom stereocenters. The molecule has 0 radical (unpaired) electrons. The van der Waals surface area contributed by atoms with Crippen molar-refractivity contribution < 1.29 is 13.2 Å². The summed E-state index contributed by atoms with van der Waals surface area (Å²) in [6.07, 6.45) is 4.48. The van der Waals surface area contributed by atoms with Crippen LogP contribution >= 0.6 is 0 Å². The van der Waals surface area contributed by atoms with Gasteiger partial charge in [0.1, 0.15) is 5.82 Å². The molecule has 2 heterocycles. The molecule has 0 aliphatic carbocycles. The van der Waals surface area contributed by atoms with Gasteiger partial charge in [-0.15, -0.1) is 0 Å². The van der Waals surface area contributed by atoms with E-state index in [4.69, 9.17) is 0 Å². The number of anilines is 1. The lowest BCUT2D eigenvalue weighted by atomic mass is 10.1. The number of nitrogens with zero attached hydrogens (tertiary/aromatic N) is 2. The van der Waals surface area contributed by atoms with E-state index in [1.54, 1.807) is 30.6 Å². The minimum absolute atomic E-state index is 0.144. The number of aromatic nitrogens is 2. The summed E-state index contributed by atoms with van der Waals surface area (Å²) < 4.78 is 23.7. The van der Waals surface area contributed by atoms with E-state index in [2.05, 4.69) is 15.3 Å². The second kappa shape index (κ2) is 5.84. The maximum absolute atomic E-state index is 11.9. The maximum atomic E-state index is 11.9. The van der Waals surface area contributed by atoms with E-state index < -0.39 is 9.84 Å². The van der Waals surface area contributed by atoms with Gasteiger partial charge in [0.15, 0.2) is 9.84 Å². The molecule has 22 heavy (non-hydrogen) atoms. The van der Waals surface area contributed by atoms with Crippen molar-refractivity contribution in [1.29, 1.82) is 0 Å². The number of hydrogen-bond donors (Lipinski definition) is 1. The van der Waals surface area contributed by atoms with Gasteiger partial charge in [0.25, 0.3) is 0 Å². The predicted molar refractivity (Wildman–Crippen MR) is 81.2 cm³/mol. The summed E-state index contributed by atoms with van der Waals surface area (Å²) in [5.74, 6) is 0.558. The number of carbonyl (C=O) groups excluding carboxylic acids is 1. The molecule has 3 rings (SSSR count). The van der Waals surface area contributed by atoms with E-state index in [0.717, 1.165) is 5.56 Å². The molecule has 2 aromatic rings. The quantitative estimate of drug-likeness (QED) is 0.920. The Hall–Kier alpha value is -2.28. The smallest absolute Gasteiger partial charge is 0.224 e. The third-order valence-corrected chi connectivity index (χ3v) is 5.31. The van der Waals surface area contributed by atoms with Crippen molar-refractivity contribution in [2.45, 2.75) is 24.2 Å². The largest absolute Gasteiger partial charge is 0.326 e. The SMILES string of the molecule is O=C(CCc1ncccn1)Nc1ccc2c(c1)S(=O)(=O)CC2. The monoisotopic (exact) mass is 317 g/mol. The number of sulfone groups is 1. The maximum Gasteiger partial charge on any atom is 0.224 e. The average Bonchev–Trinajstić information content (AvgIpc) is 2.82. The number of amides is 1. The Morgan fingerprint density at radius 1 is 1.23 bits per heavy atom. The van der Waals surface area contributed by atoms with Crippen molar-refractivity contribution >= 4 is 21.4 Å². The van der Waals surface area contributed by atoms with Crippen LogP contribution in [-0.2, 0) is 27.5 Å². The normalized spacial score (nSPS) is 15.3. The predicted octanol–water partition coefficient (Wildman–Crippen LogP) is 1.38. The molecule has 114 valence electrons. The van der Waals surface area contributed by atoms with Gasteiger partial charge in [0.05, 0.1) is 10.6 Å². The molecule has 6 nitrogen and oxygen atoms in total. The standard InChI is InChI=1S/C15H15N3O3S/c19-15(5-4-14-16-7-1-8-17-14)18-12-3-2-11-6-9-22(20,21)13(11)10-12/h1-3,7-8,10H,4-6,9H2,(H,18,19). The van der Waals surface area contributed by atoms with Crippen LogP contribution in [0.2, 0.25) is 0 Å². The van der Waals surface area contributed by atoms with Crippen LogP contribution in [0.15, 0.2) is 41.6 Å². The first kappa shape index (κ1) is 14.6. The zero-order valence-corrected chi connectivity index (χ0v) is 12.6. The summed E-state index contributed by atoms with van der Waals surface area (Å²) in [5.41, 5.74) is 1.32. The summed E-state index contributed by atoms with van der Waals surface area (Å²) in [6, 6.07) is 6.75. The summed E-state index contributed by atoms with van der Waals surface area (Å²) in [5, 5.41) is 2.72. The molecular formula is C15H15N3O3S. The Kier molecular flexibility index (Phi) is 3.89. The first-order chi connectivity index (χ1) is 10.5. The second-order valence-corrected chi connectivity index (χ2v) is 7.18. The minimum atomic E-state index is -3.19. The molecule has 1 aliphatic heterocycles. The molecule has 0 saturated heterocycles. The zero-order valence-electron chi connectivity index (χ0n) is 11.8. The average molecular weight is 317 g/mol. The zero-order chi connectivity index (χ0) is 15.6. The van der Waals surface area contributed by atoms with Gasteiger partial charge in [-0.2, -0.15) is 0 Å². The minimum Gasteiger partial charge on any atom is -0.326 e. The highest BCUT2D eigenvalue weighted by atomic mass is 32.2. The fourth-order valence-corrected chi connectivity index (χ4v) is 3.98. The molecule has 0 bridgehead atoms. The number of hydrogen-bond acceptors (Lipinski definition) is 5. The third kappa shape index (κ3) is 3.14. The molecule has 1 aliphatic rings. The molecule has 1 N–H and O–H groups in total. The first-order valence-corrected chi connectivity index (χ1v) is 8.61. The Morgan fingerprint density at radius 2 is 2.00 bits per heavy atom. The van der Waals surface area contributed by atoms with Gasteiger partial charge in [0.2, 0.25) is 5.91 Å². The van der Waals surface area contributed by atoms with Crippen LogP contribution in [0.25, 0.3) is 0 Å². The highest BCUT2D eigenvalue weighted by Crippen LogP contribution is 2.28. The molecular weight excluding hydrogens is 302 g/mol. The lowest BCUT2D eigenvalue weighted by Crippen LogP contribution is -2.13. The number of rotatable bonds is 4. The Balaban J connectivity index is 1.65. The lowest BCUT2D eigenvalue weighted by Gasteiger charge is -2.07. The molecule has 1 aromatic carbocycles. The third-order valence-electron chi connectivity index (χ3n) is 3.52. The van der Waals surface area contributed by atoms with Crippen LogP contribution < -0.4 is 5.32 Å². The van der Waals surface area contributed by atoms with Crippen molar-refractivity contribution in [1.82, 2.24) is 9.97 Å². The van der Waals surface area contributed by atoms with E-state index in [0.29, 0.717) is 29.2 Å². The molecule has 0 saturated carbocycles. The fraction of sp³-hybridized carbons (Fsp3) is 0.267. The molecule has 0 fully saturated rings. The molecule has 1 amide bonds. The van der Waals surface area contributed by atoms with Crippen molar-refractivity contribution in [2.75, 3.05) is 11.1 Å². The lowest BCUT2D eigenvalue weighted by molar-refractivity contribution is -0.116. The van der Waals surface area contributed by atoms with Gasteiger partial charge < -0.3 is 5.32 Å². The van der Waals surface area contributed by atoms with Crippen molar-refractivity contribution in [3.8, 4) is 0 Å². The van der Waals surface area contributed by atoms with Crippen molar-refractivity contribution in [3.05, 3.63) is 48.0 Å². The van der Waals surface area contributed by atoms with Gasteiger partial charge in [-0.1, -0.05) is 6.07 Å². The van der Waals surface area contributed by atoms with Crippen molar-refractivity contribution in [2.24, 2.45) is 0 Å². The van der Waals surface area contributed by atoms with Gasteiger partial charge in [0, 0.05) is 30.9 Å². The van der Waals surface area contributed by atoms with Gasteiger partial charge >= 0.3 is 0 Å². The van der Waals surface area contributed by atoms with Gasteiger partial charge in [-0.25, -0.2) is 18.4 Å². The van der Waals surface area contributed by atoms with Gasteiger partial charge in [-0.3, -0.25) is 4.79 Å². The highest BCUT2D eigenvalue weighted by molar-refractivity contribution is 7.91. The van der Waals surface area contributed by atoms with Crippen LogP contribution in [0.1, 0.15) is 17.8 Å². The van der Waals surface area contributed by atoms with E-state index >= 15 is 0 Å². The summed E-state index contributed by atoms with van der Waals surface area (Å²) in [6.45, 7) is 0. The molecule has 0 spiro atoms. The van der Waals surface area contributed by atoms with Crippen LogP contribution in [-0.4, -0.2) is 30.0 Å². The molecule has 1 aromatic heterocycles. The number of fused-ring (bicyclic) bond motifs is 1. The topological polar surface area (TPSA) is 89.0 Å². The Bertz CT molecular complexity index is 804.